The molecule has 0 saturated carbocycles. The van der Waals surface area contributed by atoms with Gasteiger partial charge in [-0.05, 0) is 24.3 Å². The highest BCUT2D eigenvalue weighted by Crippen LogP contribution is 2.26. The third-order valence-corrected chi connectivity index (χ3v) is 3.94. The summed E-state index contributed by atoms with van der Waals surface area (Å²) < 4.78 is 39.1. The molecule has 7 nitrogen and oxygen atoms in total. The molecular weight excluding hydrogens is 303 g/mol. The number of nitro groups is 1. The van der Waals surface area contributed by atoms with Gasteiger partial charge in [-0.25, -0.2) is 12.8 Å². The zero-order chi connectivity index (χ0) is 15.6. The van der Waals surface area contributed by atoms with Gasteiger partial charge in [0, 0.05) is 18.2 Å². The molecule has 9 heteroatoms. The first-order valence-electron chi connectivity index (χ1n) is 5.55. The quantitative estimate of drug-likeness (QED) is 0.511. The van der Waals surface area contributed by atoms with Gasteiger partial charge < -0.3 is 5.11 Å². The zero-order valence-electron chi connectivity index (χ0n) is 10.4. The van der Waals surface area contributed by atoms with E-state index >= 15 is 0 Å². The molecule has 0 radical (unpaired) electrons. The molecule has 0 spiro atoms. The average Bonchev–Trinajstić information content (AvgIpc) is 2.43. The van der Waals surface area contributed by atoms with E-state index in [9.17, 15) is 28.0 Å². The lowest BCUT2D eigenvalue weighted by atomic mass is 10.3. The number of halogens is 1. The van der Waals surface area contributed by atoms with Crippen LogP contribution in [0.1, 0.15) is 0 Å². The van der Waals surface area contributed by atoms with E-state index in [1.165, 1.54) is 0 Å². The Bertz CT molecular complexity index is 790. The molecule has 2 N–H and O–H groups in total. The number of hydrogen-bond donors (Lipinski definition) is 2. The van der Waals surface area contributed by atoms with Crippen LogP contribution in [-0.4, -0.2) is 18.4 Å². The van der Waals surface area contributed by atoms with Gasteiger partial charge >= 0.3 is 0 Å². The number of phenolic OH excluding ortho intramolecular Hbond substituents is 1. The van der Waals surface area contributed by atoms with Crippen molar-refractivity contribution in [2.75, 3.05) is 4.72 Å². The van der Waals surface area contributed by atoms with Crippen molar-refractivity contribution < 1.29 is 22.8 Å². The minimum atomic E-state index is -4.09. The lowest BCUT2D eigenvalue weighted by Crippen LogP contribution is -2.13. The molecule has 2 aromatic carbocycles. The summed E-state index contributed by atoms with van der Waals surface area (Å²) in [6, 6.07) is 6.92. The van der Waals surface area contributed by atoms with Crippen molar-refractivity contribution >= 4 is 21.4 Å². The second-order valence-electron chi connectivity index (χ2n) is 4.02. The van der Waals surface area contributed by atoms with Crippen LogP contribution < -0.4 is 4.72 Å². The van der Waals surface area contributed by atoms with E-state index in [0.29, 0.717) is 0 Å². The molecule has 0 saturated heterocycles. The molecule has 0 unspecified atom stereocenters. The Morgan fingerprint density at radius 3 is 2.33 bits per heavy atom. The molecule has 21 heavy (non-hydrogen) atoms. The molecule has 0 aromatic heterocycles. The fraction of sp³-hybridized carbons (Fsp3) is 0. The van der Waals surface area contributed by atoms with E-state index < -0.39 is 26.5 Å². The molecular formula is C12H9FN2O5S. The van der Waals surface area contributed by atoms with Crippen molar-refractivity contribution in [2.24, 2.45) is 0 Å². The predicted octanol–water partition coefficient (Wildman–Crippen LogP) is 2.24. The highest BCUT2D eigenvalue weighted by molar-refractivity contribution is 7.92. The van der Waals surface area contributed by atoms with E-state index in [1.807, 2.05) is 4.72 Å². The van der Waals surface area contributed by atoms with Crippen molar-refractivity contribution in [3.05, 3.63) is 58.4 Å². The Morgan fingerprint density at radius 2 is 1.76 bits per heavy atom. The highest BCUT2D eigenvalue weighted by Gasteiger charge is 2.17. The molecule has 2 rings (SSSR count). The fourth-order valence-corrected chi connectivity index (χ4v) is 2.61. The summed E-state index contributed by atoms with van der Waals surface area (Å²) in [5.74, 6) is -1.17. The monoisotopic (exact) mass is 312 g/mol. The van der Waals surface area contributed by atoms with E-state index in [0.717, 1.165) is 42.5 Å². The highest BCUT2D eigenvalue weighted by atomic mass is 32.2. The van der Waals surface area contributed by atoms with Crippen molar-refractivity contribution in [1.82, 2.24) is 0 Å². The number of phenols is 1. The van der Waals surface area contributed by atoms with Crippen molar-refractivity contribution in [3.8, 4) is 5.75 Å². The van der Waals surface area contributed by atoms with Gasteiger partial charge in [-0.15, -0.1) is 0 Å². The van der Waals surface area contributed by atoms with Gasteiger partial charge in [0.2, 0.25) is 0 Å². The topological polar surface area (TPSA) is 110 Å². The molecule has 0 aliphatic rings. The van der Waals surface area contributed by atoms with E-state index in [1.54, 1.807) is 0 Å². The Morgan fingerprint density at radius 1 is 1.14 bits per heavy atom. The standard InChI is InChI=1S/C12H9FN2O5S/c13-8-1-6-12(16)11(7-8)14-21(19,20)10-4-2-9(3-5-10)15(17)18/h1-7,14,16H. The average molecular weight is 312 g/mol. The SMILES string of the molecule is O=[N+]([O-])c1ccc(S(=O)(=O)Nc2cc(F)ccc2O)cc1. The van der Waals surface area contributed by atoms with Crippen LogP contribution in [0.15, 0.2) is 47.4 Å². The number of aromatic hydroxyl groups is 1. The maximum Gasteiger partial charge on any atom is 0.269 e. The van der Waals surface area contributed by atoms with Crippen molar-refractivity contribution in [1.29, 1.82) is 0 Å². The summed E-state index contributed by atoms with van der Waals surface area (Å²) in [7, 11) is -4.09. The van der Waals surface area contributed by atoms with Gasteiger partial charge in [0.05, 0.1) is 15.5 Å². The largest absolute Gasteiger partial charge is 0.506 e. The molecule has 0 aliphatic carbocycles. The Labute approximate surface area is 118 Å². The predicted molar refractivity (Wildman–Crippen MR) is 72.0 cm³/mol. The Kier molecular flexibility index (Phi) is 3.76. The van der Waals surface area contributed by atoms with Gasteiger partial charge in [0.25, 0.3) is 15.7 Å². The first kappa shape index (κ1) is 14.7. The summed E-state index contributed by atoms with van der Waals surface area (Å²) >= 11 is 0. The molecule has 0 heterocycles. The number of hydrogen-bond acceptors (Lipinski definition) is 5. The minimum absolute atomic E-state index is 0.253. The van der Waals surface area contributed by atoms with Crippen LogP contribution in [0.4, 0.5) is 15.8 Å². The lowest BCUT2D eigenvalue weighted by molar-refractivity contribution is -0.384. The summed E-state index contributed by atoms with van der Waals surface area (Å²) in [6.07, 6.45) is 0. The number of non-ortho nitro benzene ring substituents is 1. The molecule has 0 atom stereocenters. The molecule has 0 aliphatic heterocycles. The van der Waals surface area contributed by atoms with Crippen molar-refractivity contribution in [3.63, 3.8) is 0 Å². The Hall–Kier alpha value is -2.68. The normalized spacial score (nSPS) is 11.1. The Balaban J connectivity index is 2.34. The lowest BCUT2D eigenvalue weighted by Gasteiger charge is -2.09. The number of anilines is 1. The van der Waals surface area contributed by atoms with Crippen molar-refractivity contribution in [2.45, 2.75) is 4.90 Å². The second-order valence-corrected chi connectivity index (χ2v) is 5.70. The second kappa shape index (κ2) is 5.37. The zero-order valence-corrected chi connectivity index (χ0v) is 11.2. The van der Waals surface area contributed by atoms with Crippen LogP contribution in [0.3, 0.4) is 0 Å². The minimum Gasteiger partial charge on any atom is -0.506 e. The van der Waals surface area contributed by atoms with Crippen LogP contribution in [0.2, 0.25) is 0 Å². The molecule has 0 fully saturated rings. The van der Waals surface area contributed by atoms with Gasteiger partial charge in [0.15, 0.2) is 0 Å². The fourth-order valence-electron chi connectivity index (χ4n) is 1.54. The van der Waals surface area contributed by atoms with Gasteiger partial charge in [-0.1, -0.05) is 0 Å². The number of rotatable bonds is 4. The van der Waals surface area contributed by atoms with Gasteiger partial charge in [-0.3, -0.25) is 14.8 Å². The molecule has 2 aromatic rings. The van der Waals surface area contributed by atoms with Crippen LogP contribution >= 0.6 is 0 Å². The van der Waals surface area contributed by atoms with Gasteiger partial charge in [-0.2, -0.15) is 0 Å². The number of nitrogens with zero attached hydrogens (tertiary/aromatic N) is 1. The number of nitrogens with one attached hydrogen (secondary N) is 1. The van der Waals surface area contributed by atoms with Crippen LogP contribution in [-0.2, 0) is 10.0 Å². The maximum absolute atomic E-state index is 13.0. The van der Waals surface area contributed by atoms with Crippen LogP contribution in [0, 0.1) is 15.9 Å². The van der Waals surface area contributed by atoms with Crippen LogP contribution in [0.25, 0.3) is 0 Å². The number of nitro benzene ring substituents is 1. The molecule has 0 amide bonds. The third-order valence-electron chi connectivity index (χ3n) is 2.56. The van der Waals surface area contributed by atoms with E-state index in [-0.39, 0.29) is 16.3 Å². The maximum atomic E-state index is 13.0. The summed E-state index contributed by atoms with van der Waals surface area (Å²) in [6.45, 7) is 0. The molecule has 110 valence electrons. The van der Waals surface area contributed by atoms with Gasteiger partial charge in [0.1, 0.15) is 11.6 Å². The first-order valence-corrected chi connectivity index (χ1v) is 7.04. The van der Waals surface area contributed by atoms with E-state index in [2.05, 4.69) is 0 Å². The number of benzene rings is 2. The third kappa shape index (κ3) is 3.26. The summed E-state index contributed by atoms with van der Waals surface area (Å²) in [4.78, 5) is 9.58. The smallest absolute Gasteiger partial charge is 0.269 e. The van der Waals surface area contributed by atoms with Crippen LogP contribution in [0.5, 0.6) is 5.75 Å². The number of sulfonamides is 1. The van der Waals surface area contributed by atoms with E-state index in [4.69, 9.17) is 0 Å². The first-order chi connectivity index (χ1) is 9.79. The molecule has 0 bridgehead atoms. The summed E-state index contributed by atoms with van der Waals surface area (Å²) in [5, 5.41) is 20.0. The summed E-state index contributed by atoms with van der Waals surface area (Å²) in [5.41, 5.74) is -0.587.